The number of likely N-dealkylation sites (N-methyl/N-ethyl adjacent to an activating group) is 1. The van der Waals surface area contributed by atoms with E-state index < -0.39 is 58.0 Å². The van der Waals surface area contributed by atoms with Crippen molar-refractivity contribution in [3.8, 4) is 5.75 Å². The number of benzene rings is 2. The Labute approximate surface area is 219 Å². The number of aryl methyl sites for hydroxylation is 2. The molecule has 0 bridgehead atoms. The fourth-order valence-corrected chi connectivity index (χ4v) is 6.47. The van der Waals surface area contributed by atoms with Gasteiger partial charge in [-0.05, 0) is 68.5 Å². The van der Waals surface area contributed by atoms with E-state index in [4.69, 9.17) is 5.73 Å². The zero-order valence-corrected chi connectivity index (χ0v) is 21.1. The van der Waals surface area contributed by atoms with Crippen LogP contribution in [-0.4, -0.2) is 68.5 Å². The summed E-state index contributed by atoms with van der Waals surface area (Å²) in [5.74, 6) is -6.48. The Bertz CT molecular complexity index is 1430. The van der Waals surface area contributed by atoms with E-state index in [1.54, 1.807) is 20.2 Å². The third kappa shape index (κ3) is 3.65. The number of phenolic OH excluding ortho intramolecular Hbond substituents is 1. The number of primary amides is 1. The Kier molecular flexibility index (Phi) is 6.16. The molecular weight excluding hydrogens is 488 g/mol. The summed E-state index contributed by atoms with van der Waals surface area (Å²) >= 11 is 0. The molecule has 2 aromatic rings. The van der Waals surface area contributed by atoms with Crippen LogP contribution < -0.4 is 5.73 Å². The number of nitrogens with zero attached hydrogens (tertiary/aromatic N) is 1. The number of aliphatic hydroxyl groups is 3. The van der Waals surface area contributed by atoms with Gasteiger partial charge in [0, 0.05) is 11.5 Å². The SMILES string of the molecule is CN(C)[C@H]1C(=O)C(C(N)=O)=C(O)[C@]2(O)C(=O)C3=C(O)c4c(O)ccc(CCc5ccccc5)c4C[C@@H]3C[C@H]12. The maximum absolute atomic E-state index is 13.9. The van der Waals surface area contributed by atoms with E-state index in [1.807, 2.05) is 30.3 Å². The monoisotopic (exact) mass is 518 g/mol. The van der Waals surface area contributed by atoms with Gasteiger partial charge in [0.25, 0.3) is 5.91 Å². The zero-order valence-electron chi connectivity index (χ0n) is 21.1. The van der Waals surface area contributed by atoms with Crippen LogP contribution >= 0.6 is 0 Å². The molecule has 0 saturated heterocycles. The number of hydrogen-bond acceptors (Lipinski definition) is 8. The lowest BCUT2D eigenvalue weighted by Crippen LogP contribution is -2.65. The van der Waals surface area contributed by atoms with Gasteiger partial charge in [-0.3, -0.25) is 19.3 Å². The van der Waals surface area contributed by atoms with Gasteiger partial charge in [0.1, 0.15) is 22.8 Å². The van der Waals surface area contributed by atoms with Gasteiger partial charge in [0.2, 0.25) is 5.78 Å². The van der Waals surface area contributed by atoms with E-state index >= 15 is 0 Å². The predicted molar refractivity (Wildman–Crippen MR) is 138 cm³/mol. The molecule has 0 aliphatic heterocycles. The topological polar surface area (TPSA) is 161 Å². The van der Waals surface area contributed by atoms with Gasteiger partial charge >= 0.3 is 0 Å². The summed E-state index contributed by atoms with van der Waals surface area (Å²) in [6, 6.07) is 12.1. The molecule has 9 heteroatoms. The summed E-state index contributed by atoms with van der Waals surface area (Å²) in [5.41, 5.74) is 4.61. The van der Waals surface area contributed by atoms with Crippen LogP contribution in [0.4, 0.5) is 0 Å². The Morgan fingerprint density at radius 1 is 1.05 bits per heavy atom. The molecule has 1 fully saturated rings. The highest BCUT2D eigenvalue weighted by molar-refractivity contribution is 6.24. The van der Waals surface area contributed by atoms with Crippen molar-refractivity contribution in [2.75, 3.05) is 14.1 Å². The molecule has 0 radical (unpaired) electrons. The van der Waals surface area contributed by atoms with Crippen LogP contribution in [-0.2, 0) is 33.6 Å². The average molecular weight is 519 g/mol. The number of rotatable bonds is 5. The molecule has 1 amide bonds. The van der Waals surface area contributed by atoms with Crippen molar-refractivity contribution in [2.45, 2.75) is 37.3 Å². The van der Waals surface area contributed by atoms with Gasteiger partial charge in [-0.2, -0.15) is 0 Å². The van der Waals surface area contributed by atoms with E-state index in [0.29, 0.717) is 12.0 Å². The van der Waals surface area contributed by atoms with Gasteiger partial charge in [0.15, 0.2) is 11.4 Å². The molecule has 9 nitrogen and oxygen atoms in total. The van der Waals surface area contributed by atoms with Crippen LogP contribution in [0.25, 0.3) is 5.76 Å². The number of nitrogens with two attached hydrogens (primary N) is 1. The Hall–Kier alpha value is -3.95. The molecule has 3 aliphatic rings. The first-order valence-electron chi connectivity index (χ1n) is 12.5. The largest absolute Gasteiger partial charge is 0.508 e. The van der Waals surface area contributed by atoms with E-state index in [2.05, 4.69) is 0 Å². The van der Waals surface area contributed by atoms with Gasteiger partial charge in [-0.25, -0.2) is 0 Å². The number of aromatic hydroxyl groups is 1. The van der Waals surface area contributed by atoms with Crippen LogP contribution in [0.5, 0.6) is 5.75 Å². The molecule has 198 valence electrons. The number of ketones is 2. The van der Waals surface area contributed by atoms with Crippen LogP contribution in [0.1, 0.15) is 28.7 Å². The second-order valence-corrected chi connectivity index (χ2v) is 10.5. The van der Waals surface area contributed by atoms with Crippen molar-refractivity contribution in [3.05, 3.63) is 81.6 Å². The molecule has 0 heterocycles. The Morgan fingerprint density at radius 2 is 1.74 bits per heavy atom. The quantitative estimate of drug-likeness (QED) is 0.374. The van der Waals surface area contributed by atoms with Crippen molar-refractivity contribution in [1.82, 2.24) is 4.90 Å². The predicted octanol–water partition coefficient (Wildman–Crippen LogP) is 1.75. The lowest BCUT2D eigenvalue weighted by Gasteiger charge is -2.50. The molecular formula is C29H30N2O7. The highest BCUT2D eigenvalue weighted by Crippen LogP contribution is 2.53. The van der Waals surface area contributed by atoms with E-state index in [1.165, 1.54) is 11.0 Å². The minimum atomic E-state index is -2.63. The zero-order chi connectivity index (χ0) is 27.5. The standard InChI is InChI=1S/C29H30N2O7/c1-31(2)23-18-13-16-12-17-15(9-8-14-6-4-3-5-7-14)10-11-19(32)21(17)24(33)20(16)26(35)29(18,38)27(36)22(25(23)34)28(30)37/h3-7,10-11,16,18,23,32-33,36,38H,8-9,12-13H2,1-2H3,(H2,30,37)/t16-,18-,23-,29-/m1/s1. The Balaban J connectivity index is 1.63. The van der Waals surface area contributed by atoms with Gasteiger partial charge in [-0.15, -0.1) is 0 Å². The number of amides is 1. The fraction of sp³-hybridized carbons (Fsp3) is 0.345. The maximum Gasteiger partial charge on any atom is 0.255 e. The second-order valence-electron chi connectivity index (χ2n) is 10.5. The van der Waals surface area contributed by atoms with Crippen molar-refractivity contribution in [1.29, 1.82) is 0 Å². The van der Waals surface area contributed by atoms with Crippen molar-refractivity contribution in [3.63, 3.8) is 0 Å². The van der Waals surface area contributed by atoms with Gasteiger partial charge in [0.05, 0.1) is 11.6 Å². The number of Topliss-reactive ketones (excluding diaryl/α,β-unsaturated/α-hetero) is 2. The molecule has 38 heavy (non-hydrogen) atoms. The second kappa shape index (κ2) is 9.11. The number of aliphatic hydroxyl groups excluding tert-OH is 2. The summed E-state index contributed by atoms with van der Waals surface area (Å²) < 4.78 is 0. The number of hydrogen-bond donors (Lipinski definition) is 5. The number of phenols is 1. The van der Waals surface area contributed by atoms with Crippen molar-refractivity contribution < 1.29 is 34.8 Å². The van der Waals surface area contributed by atoms with Crippen LogP contribution in [0, 0.1) is 11.8 Å². The Morgan fingerprint density at radius 3 is 2.37 bits per heavy atom. The lowest BCUT2D eigenvalue weighted by atomic mass is 9.57. The van der Waals surface area contributed by atoms with Gasteiger partial charge < -0.3 is 26.2 Å². The summed E-state index contributed by atoms with van der Waals surface area (Å²) in [6.07, 6.45) is 1.72. The van der Waals surface area contributed by atoms with Crippen molar-refractivity contribution >= 4 is 23.2 Å². The molecule has 1 saturated carbocycles. The third-order valence-electron chi connectivity index (χ3n) is 8.23. The van der Waals surface area contributed by atoms with E-state index in [9.17, 15) is 34.8 Å². The van der Waals surface area contributed by atoms with Crippen LogP contribution in [0.2, 0.25) is 0 Å². The first-order valence-corrected chi connectivity index (χ1v) is 12.5. The minimum absolute atomic E-state index is 0.0690. The molecule has 2 aromatic carbocycles. The smallest absolute Gasteiger partial charge is 0.255 e. The van der Waals surface area contributed by atoms with E-state index in [0.717, 1.165) is 17.5 Å². The van der Waals surface area contributed by atoms with Crippen LogP contribution in [0.3, 0.4) is 0 Å². The summed E-state index contributed by atoms with van der Waals surface area (Å²) in [4.78, 5) is 40.6. The molecule has 3 aliphatic carbocycles. The molecule has 0 spiro atoms. The summed E-state index contributed by atoms with van der Waals surface area (Å²) in [6.45, 7) is 0. The average Bonchev–Trinajstić information content (AvgIpc) is 2.86. The maximum atomic E-state index is 13.9. The molecule has 0 unspecified atom stereocenters. The summed E-state index contributed by atoms with van der Waals surface area (Å²) in [5, 5.41) is 44.6. The first-order chi connectivity index (χ1) is 18.0. The highest BCUT2D eigenvalue weighted by Gasteiger charge is 2.64. The van der Waals surface area contributed by atoms with Crippen molar-refractivity contribution in [2.24, 2.45) is 17.6 Å². The number of fused-ring (bicyclic) bond motifs is 3. The minimum Gasteiger partial charge on any atom is -0.508 e. The third-order valence-corrected chi connectivity index (χ3v) is 8.23. The molecule has 6 N–H and O–H groups in total. The number of carbonyl (C=O) groups excluding carboxylic acids is 3. The number of carbonyl (C=O) groups is 3. The van der Waals surface area contributed by atoms with Gasteiger partial charge in [-0.1, -0.05) is 36.4 Å². The summed E-state index contributed by atoms with van der Waals surface area (Å²) in [7, 11) is 3.15. The normalized spacial score (nSPS) is 26.8. The first kappa shape index (κ1) is 25.7. The van der Waals surface area contributed by atoms with Crippen LogP contribution in [0.15, 0.2) is 59.4 Å². The lowest BCUT2D eigenvalue weighted by molar-refractivity contribution is -0.153. The van der Waals surface area contributed by atoms with E-state index in [-0.39, 0.29) is 29.7 Å². The highest BCUT2D eigenvalue weighted by atomic mass is 16.3. The molecule has 0 aromatic heterocycles. The molecule has 4 atom stereocenters. The molecule has 5 rings (SSSR count). The fourth-order valence-electron chi connectivity index (χ4n) is 6.47.